The van der Waals surface area contributed by atoms with E-state index in [9.17, 15) is 0 Å². The van der Waals surface area contributed by atoms with Crippen molar-refractivity contribution in [2.24, 2.45) is 7.05 Å². The van der Waals surface area contributed by atoms with Gasteiger partial charge in [0.1, 0.15) is 0 Å². The third-order valence-electron chi connectivity index (χ3n) is 4.87. The standard InChI is InChI=1S/C17H23ClN4S/c1-3-15-6-4-5-11-21(15)12-22-17(23)20(2)16(19-22)13-7-9-14(18)10-8-13/h7-10,15H,3-6,11-12H2,1-2H3/p+1/t15-/m1/s1. The lowest BCUT2D eigenvalue weighted by Crippen LogP contribution is -3.15. The van der Waals surface area contributed by atoms with Crippen molar-refractivity contribution < 1.29 is 4.90 Å². The number of benzene rings is 1. The van der Waals surface area contributed by atoms with Gasteiger partial charge in [-0.1, -0.05) is 18.5 Å². The molecule has 0 saturated carbocycles. The Kier molecular flexibility index (Phi) is 5.19. The molecule has 1 aliphatic heterocycles. The Morgan fingerprint density at radius 1 is 1.30 bits per heavy atom. The number of hydrogen-bond acceptors (Lipinski definition) is 2. The number of hydrogen-bond donors (Lipinski definition) is 1. The first kappa shape index (κ1) is 16.7. The minimum absolute atomic E-state index is 0.728. The zero-order chi connectivity index (χ0) is 16.4. The van der Waals surface area contributed by atoms with Crippen molar-refractivity contribution in [3.05, 3.63) is 34.1 Å². The molecule has 4 nitrogen and oxygen atoms in total. The first-order chi connectivity index (χ1) is 11.1. The van der Waals surface area contributed by atoms with Gasteiger partial charge in [0.2, 0.25) is 4.77 Å². The SMILES string of the molecule is CC[C@@H]1CCCC[NH+]1Cn1nc(-c2ccc(Cl)cc2)n(C)c1=S. The molecule has 0 amide bonds. The fourth-order valence-corrected chi connectivity index (χ4v) is 3.80. The summed E-state index contributed by atoms with van der Waals surface area (Å²) >= 11 is 11.6. The summed E-state index contributed by atoms with van der Waals surface area (Å²) in [5.41, 5.74) is 1.04. The second kappa shape index (κ2) is 7.16. The normalized spacial score (nSPS) is 21.5. The van der Waals surface area contributed by atoms with E-state index in [0.717, 1.165) is 33.9 Å². The highest BCUT2D eigenvalue weighted by molar-refractivity contribution is 7.71. The molecule has 0 spiro atoms. The monoisotopic (exact) mass is 351 g/mol. The van der Waals surface area contributed by atoms with Crippen LogP contribution in [-0.2, 0) is 13.7 Å². The predicted molar refractivity (Wildman–Crippen MR) is 96.2 cm³/mol. The third-order valence-corrected chi connectivity index (χ3v) is 5.60. The first-order valence-corrected chi connectivity index (χ1v) is 9.13. The minimum atomic E-state index is 0.728. The Labute approximate surface area is 147 Å². The molecule has 2 heterocycles. The molecule has 1 unspecified atom stereocenters. The number of halogens is 1. The van der Waals surface area contributed by atoms with Crippen molar-refractivity contribution in [3.8, 4) is 11.4 Å². The van der Waals surface area contributed by atoms with Crippen LogP contribution in [0.3, 0.4) is 0 Å². The van der Waals surface area contributed by atoms with Gasteiger partial charge in [-0.3, -0.25) is 0 Å². The van der Waals surface area contributed by atoms with E-state index < -0.39 is 0 Å². The molecule has 1 aliphatic rings. The van der Waals surface area contributed by atoms with Gasteiger partial charge in [-0.15, -0.1) is 5.10 Å². The van der Waals surface area contributed by atoms with Crippen molar-refractivity contribution in [3.63, 3.8) is 0 Å². The van der Waals surface area contributed by atoms with E-state index in [2.05, 4.69) is 6.92 Å². The van der Waals surface area contributed by atoms with Gasteiger partial charge in [0.05, 0.1) is 12.6 Å². The maximum Gasteiger partial charge on any atom is 0.202 e. The summed E-state index contributed by atoms with van der Waals surface area (Å²) in [6.07, 6.45) is 5.19. The van der Waals surface area contributed by atoms with Crippen LogP contribution in [0.1, 0.15) is 32.6 Å². The number of quaternary nitrogens is 1. The summed E-state index contributed by atoms with van der Waals surface area (Å²) in [5, 5.41) is 5.52. The maximum absolute atomic E-state index is 5.98. The lowest BCUT2D eigenvalue weighted by Gasteiger charge is -2.31. The fourth-order valence-electron chi connectivity index (χ4n) is 3.49. The summed E-state index contributed by atoms with van der Waals surface area (Å²) in [4.78, 5) is 1.61. The molecule has 6 heteroatoms. The van der Waals surface area contributed by atoms with Crippen LogP contribution < -0.4 is 4.90 Å². The number of rotatable bonds is 4. The Balaban J connectivity index is 1.87. The van der Waals surface area contributed by atoms with Gasteiger partial charge in [0.25, 0.3) is 0 Å². The van der Waals surface area contributed by atoms with E-state index in [1.807, 2.05) is 40.6 Å². The van der Waals surface area contributed by atoms with Crippen LogP contribution >= 0.6 is 23.8 Å². The van der Waals surface area contributed by atoms with Crippen LogP contribution in [0.25, 0.3) is 11.4 Å². The average Bonchev–Trinajstić information content (AvgIpc) is 2.85. The Morgan fingerprint density at radius 2 is 2.04 bits per heavy atom. The highest BCUT2D eigenvalue weighted by Gasteiger charge is 2.25. The van der Waals surface area contributed by atoms with Gasteiger partial charge >= 0.3 is 0 Å². The number of nitrogens with one attached hydrogen (secondary N) is 1. The second-order valence-corrected chi connectivity index (χ2v) is 7.14. The van der Waals surface area contributed by atoms with Crippen molar-refractivity contribution in [2.45, 2.75) is 45.3 Å². The molecular weight excluding hydrogens is 328 g/mol. The summed E-state index contributed by atoms with van der Waals surface area (Å²) < 4.78 is 4.76. The molecule has 3 rings (SSSR count). The van der Waals surface area contributed by atoms with Crippen LogP contribution in [0.2, 0.25) is 5.02 Å². The zero-order valence-corrected chi connectivity index (χ0v) is 15.3. The highest BCUT2D eigenvalue weighted by Crippen LogP contribution is 2.19. The van der Waals surface area contributed by atoms with Crippen molar-refractivity contribution >= 4 is 23.8 Å². The Morgan fingerprint density at radius 3 is 2.74 bits per heavy atom. The van der Waals surface area contributed by atoms with E-state index in [-0.39, 0.29) is 0 Å². The zero-order valence-electron chi connectivity index (χ0n) is 13.8. The lowest BCUT2D eigenvalue weighted by atomic mass is 10.0. The molecule has 0 aliphatic carbocycles. The third kappa shape index (κ3) is 3.52. The lowest BCUT2D eigenvalue weighted by molar-refractivity contribution is -0.953. The van der Waals surface area contributed by atoms with Crippen LogP contribution in [0, 0.1) is 4.77 Å². The first-order valence-electron chi connectivity index (χ1n) is 8.34. The summed E-state index contributed by atoms with van der Waals surface area (Å²) in [6, 6.07) is 8.49. The molecule has 124 valence electrons. The molecule has 1 N–H and O–H groups in total. The van der Waals surface area contributed by atoms with Crippen LogP contribution in [0.4, 0.5) is 0 Å². The molecule has 2 atom stereocenters. The van der Waals surface area contributed by atoms with E-state index in [4.69, 9.17) is 28.9 Å². The van der Waals surface area contributed by atoms with Crippen LogP contribution in [-0.4, -0.2) is 26.9 Å². The second-order valence-electron chi connectivity index (χ2n) is 6.34. The number of likely N-dealkylation sites (tertiary alicyclic amines) is 1. The van der Waals surface area contributed by atoms with Gasteiger partial charge in [-0.05, 0) is 62.2 Å². The Bertz CT molecular complexity index is 719. The van der Waals surface area contributed by atoms with E-state index in [0.29, 0.717) is 0 Å². The fraction of sp³-hybridized carbons (Fsp3) is 0.529. The number of nitrogens with zero attached hydrogens (tertiary/aromatic N) is 3. The van der Waals surface area contributed by atoms with Gasteiger partial charge in [-0.25, -0.2) is 0 Å². The van der Waals surface area contributed by atoms with Crippen molar-refractivity contribution in [1.29, 1.82) is 0 Å². The smallest absolute Gasteiger partial charge is 0.202 e. The molecule has 0 radical (unpaired) electrons. The molecule has 1 fully saturated rings. The summed E-state index contributed by atoms with van der Waals surface area (Å²) in [7, 11) is 1.98. The van der Waals surface area contributed by atoms with E-state index in [1.54, 1.807) is 4.90 Å². The van der Waals surface area contributed by atoms with Crippen molar-refractivity contribution in [2.75, 3.05) is 6.54 Å². The van der Waals surface area contributed by atoms with E-state index in [1.165, 1.54) is 32.2 Å². The molecule has 1 aromatic carbocycles. The summed E-state index contributed by atoms with van der Waals surface area (Å²) in [6.45, 7) is 4.36. The van der Waals surface area contributed by atoms with Crippen molar-refractivity contribution in [1.82, 2.24) is 14.3 Å². The summed E-state index contributed by atoms with van der Waals surface area (Å²) in [5.74, 6) is 0.899. The Hall–Kier alpha value is -1.17. The average molecular weight is 352 g/mol. The number of aromatic nitrogens is 3. The number of piperidine rings is 1. The molecule has 2 aromatic rings. The van der Waals surface area contributed by atoms with E-state index >= 15 is 0 Å². The largest absolute Gasteiger partial charge is 0.314 e. The molecule has 1 aromatic heterocycles. The molecule has 0 bridgehead atoms. The quantitative estimate of drug-likeness (QED) is 0.857. The molecule has 23 heavy (non-hydrogen) atoms. The molecule has 1 saturated heterocycles. The highest BCUT2D eigenvalue weighted by atomic mass is 35.5. The maximum atomic E-state index is 5.98. The van der Waals surface area contributed by atoms with Crippen LogP contribution in [0.5, 0.6) is 0 Å². The topological polar surface area (TPSA) is 27.2 Å². The van der Waals surface area contributed by atoms with Gasteiger partial charge in [0, 0.05) is 17.6 Å². The van der Waals surface area contributed by atoms with Gasteiger partial charge in [0.15, 0.2) is 12.5 Å². The van der Waals surface area contributed by atoms with Crippen LogP contribution in [0.15, 0.2) is 24.3 Å². The van der Waals surface area contributed by atoms with Gasteiger partial charge in [-0.2, -0.15) is 4.68 Å². The predicted octanol–water partition coefficient (Wildman–Crippen LogP) is 3.08. The minimum Gasteiger partial charge on any atom is -0.314 e. The molecular formula is C17H24ClN4S+. The van der Waals surface area contributed by atoms with Gasteiger partial charge < -0.3 is 9.47 Å².